The number of thiophene rings is 1. The number of amides is 1. The number of carbonyl (C=O) groups excluding carboxylic acids is 1. The standard InChI is InChI=1S/C10H11ClN4OS/c11-7-3-5-17-9(7)10(16)12-4-1-2-8-13-6-14-15-8/h3,5-6H,1-2,4H2,(H,12,16)(H,13,14,15). The summed E-state index contributed by atoms with van der Waals surface area (Å²) in [7, 11) is 0. The van der Waals surface area contributed by atoms with Crippen molar-refractivity contribution in [2.75, 3.05) is 6.54 Å². The predicted molar refractivity (Wildman–Crippen MR) is 66.4 cm³/mol. The minimum absolute atomic E-state index is 0.123. The number of nitrogens with zero attached hydrogens (tertiary/aromatic N) is 2. The summed E-state index contributed by atoms with van der Waals surface area (Å²) in [6.45, 7) is 0.591. The monoisotopic (exact) mass is 270 g/mol. The third kappa shape index (κ3) is 3.28. The molecule has 0 aliphatic carbocycles. The largest absolute Gasteiger partial charge is 0.351 e. The average molecular weight is 271 g/mol. The zero-order valence-electron chi connectivity index (χ0n) is 8.94. The maximum atomic E-state index is 11.7. The molecule has 0 radical (unpaired) electrons. The van der Waals surface area contributed by atoms with Crippen molar-refractivity contribution in [2.24, 2.45) is 0 Å². The summed E-state index contributed by atoms with van der Waals surface area (Å²) in [5.41, 5.74) is 0. The van der Waals surface area contributed by atoms with Crippen LogP contribution in [0.25, 0.3) is 0 Å². The molecule has 2 aromatic rings. The molecule has 0 spiro atoms. The summed E-state index contributed by atoms with van der Waals surface area (Å²) in [4.78, 5) is 16.2. The molecule has 7 heteroatoms. The number of hydrogen-bond acceptors (Lipinski definition) is 4. The topological polar surface area (TPSA) is 70.7 Å². The highest BCUT2D eigenvalue weighted by Gasteiger charge is 2.10. The molecular weight excluding hydrogens is 260 g/mol. The Hall–Kier alpha value is -1.40. The van der Waals surface area contributed by atoms with Gasteiger partial charge in [-0.1, -0.05) is 11.6 Å². The van der Waals surface area contributed by atoms with Gasteiger partial charge in [-0.2, -0.15) is 5.10 Å². The zero-order valence-corrected chi connectivity index (χ0v) is 10.5. The van der Waals surface area contributed by atoms with E-state index in [0.29, 0.717) is 16.4 Å². The lowest BCUT2D eigenvalue weighted by molar-refractivity contribution is 0.0957. The molecule has 0 unspecified atom stereocenters. The van der Waals surface area contributed by atoms with Crippen LogP contribution >= 0.6 is 22.9 Å². The molecule has 2 N–H and O–H groups in total. The minimum atomic E-state index is -0.123. The van der Waals surface area contributed by atoms with Crippen LogP contribution in [-0.2, 0) is 6.42 Å². The highest BCUT2D eigenvalue weighted by Crippen LogP contribution is 2.21. The minimum Gasteiger partial charge on any atom is -0.351 e. The Balaban J connectivity index is 1.72. The lowest BCUT2D eigenvalue weighted by Gasteiger charge is -2.02. The second-order valence-electron chi connectivity index (χ2n) is 3.39. The van der Waals surface area contributed by atoms with Crippen LogP contribution in [0.2, 0.25) is 5.02 Å². The fourth-order valence-corrected chi connectivity index (χ4v) is 2.40. The third-order valence-electron chi connectivity index (χ3n) is 2.16. The summed E-state index contributed by atoms with van der Waals surface area (Å²) >= 11 is 7.20. The molecule has 5 nitrogen and oxygen atoms in total. The molecule has 0 aliphatic rings. The van der Waals surface area contributed by atoms with Gasteiger partial charge in [-0.25, -0.2) is 4.98 Å². The fourth-order valence-electron chi connectivity index (χ4n) is 1.35. The number of nitrogens with one attached hydrogen (secondary N) is 2. The smallest absolute Gasteiger partial charge is 0.262 e. The van der Waals surface area contributed by atoms with Gasteiger partial charge in [0.25, 0.3) is 5.91 Å². The maximum Gasteiger partial charge on any atom is 0.262 e. The van der Waals surface area contributed by atoms with Crippen molar-refractivity contribution >= 4 is 28.8 Å². The first-order valence-electron chi connectivity index (χ1n) is 5.13. The van der Waals surface area contributed by atoms with E-state index in [-0.39, 0.29) is 5.91 Å². The summed E-state index contributed by atoms with van der Waals surface area (Å²) in [6, 6.07) is 1.72. The Morgan fingerprint density at radius 1 is 1.59 bits per heavy atom. The molecule has 0 saturated carbocycles. The van der Waals surface area contributed by atoms with Gasteiger partial charge < -0.3 is 5.32 Å². The van der Waals surface area contributed by atoms with Crippen LogP contribution in [0.1, 0.15) is 21.9 Å². The summed E-state index contributed by atoms with van der Waals surface area (Å²) in [5, 5.41) is 11.6. The highest BCUT2D eigenvalue weighted by atomic mass is 35.5. The van der Waals surface area contributed by atoms with Crippen molar-refractivity contribution < 1.29 is 4.79 Å². The number of aromatic nitrogens is 3. The van der Waals surface area contributed by atoms with E-state index >= 15 is 0 Å². The van der Waals surface area contributed by atoms with Gasteiger partial charge in [0.05, 0.1) is 5.02 Å². The van der Waals surface area contributed by atoms with Gasteiger partial charge >= 0.3 is 0 Å². The van der Waals surface area contributed by atoms with Gasteiger partial charge in [0.1, 0.15) is 17.0 Å². The van der Waals surface area contributed by atoms with Crippen LogP contribution in [0, 0.1) is 0 Å². The first kappa shape index (κ1) is 12.1. The number of halogens is 1. The van der Waals surface area contributed by atoms with E-state index in [1.54, 1.807) is 11.4 Å². The average Bonchev–Trinajstić information content (AvgIpc) is 2.95. The van der Waals surface area contributed by atoms with Gasteiger partial charge in [-0.3, -0.25) is 9.89 Å². The molecular formula is C10H11ClN4OS. The van der Waals surface area contributed by atoms with Crippen molar-refractivity contribution in [1.82, 2.24) is 20.5 Å². The van der Waals surface area contributed by atoms with Crippen molar-refractivity contribution in [3.63, 3.8) is 0 Å². The van der Waals surface area contributed by atoms with E-state index in [4.69, 9.17) is 11.6 Å². The molecule has 90 valence electrons. The number of carbonyl (C=O) groups is 1. The Bertz CT molecular complexity index is 482. The van der Waals surface area contributed by atoms with Crippen molar-refractivity contribution in [3.05, 3.63) is 33.5 Å². The molecule has 2 aromatic heterocycles. The number of aromatic amines is 1. The quantitative estimate of drug-likeness (QED) is 0.815. The van der Waals surface area contributed by atoms with Gasteiger partial charge in [0.2, 0.25) is 0 Å². The third-order valence-corrected chi connectivity index (χ3v) is 3.50. The van der Waals surface area contributed by atoms with Crippen LogP contribution < -0.4 is 5.32 Å². The van der Waals surface area contributed by atoms with E-state index in [0.717, 1.165) is 18.7 Å². The second-order valence-corrected chi connectivity index (χ2v) is 4.71. The highest BCUT2D eigenvalue weighted by molar-refractivity contribution is 7.12. The van der Waals surface area contributed by atoms with E-state index in [2.05, 4.69) is 20.5 Å². The molecule has 2 rings (SSSR count). The van der Waals surface area contributed by atoms with Crippen LogP contribution in [0.5, 0.6) is 0 Å². The number of rotatable bonds is 5. The van der Waals surface area contributed by atoms with Crippen LogP contribution in [0.4, 0.5) is 0 Å². The molecule has 0 fully saturated rings. The first-order chi connectivity index (χ1) is 8.27. The van der Waals surface area contributed by atoms with Gasteiger partial charge in [-0.05, 0) is 17.9 Å². The van der Waals surface area contributed by atoms with Crippen LogP contribution in [0.15, 0.2) is 17.8 Å². The van der Waals surface area contributed by atoms with Crippen molar-refractivity contribution in [2.45, 2.75) is 12.8 Å². The molecule has 0 bridgehead atoms. The fraction of sp³-hybridized carbons (Fsp3) is 0.300. The first-order valence-corrected chi connectivity index (χ1v) is 6.38. The lowest BCUT2D eigenvalue weighted by atomic mass is 10.3. The van der Waals surface area contributed by atoms with E-state index < -0.39 is 0 Å². The number of aryl methyl sites for hydroxylation is 1. The second kappa shape index (κ2) is 5.79. The molecule has 1 amide bonds. The van der Waals surface area contributed by atoms with Gasteiger partial charge in [-0.15, -0.1) is 11.3 Å². The zero-order chi connectivity index (χ0) is 12.1. The molecule has 0 aliphatic heterocycles. The maximum absolute atomic E-state index is 11.7. The van der Waals surface area contributed by atoms with Crippen LogP contribution in [0.3, 0.4) is 0 Å². The number of hydrogen-bond donors (Lipinski definition) is 2. The molecule has 0 atom stereocenters. The summed E-state index contributed by atoms with van der Waals surface area (Å²) in [5.74, 6) is 0.705. The van der Waals surface area contributed by atoms with E-state index in [1.165, 1.54) is 17.7 Å². The Morgan fingerprint density at radius 2 is 2.47 bits per heavy atom. The summed E-state index contributed by atoms with van der Waals surface area (Å²) < 4.78 is 0. The van der Waals surface area contributed by atoms with Crippen molar-refractivity contribution in [3.8, 4) is 0 Å². The summed E-state index contributed by atoms with van der Waals surface area (Å²) in [6.07, 6.45) is 3.04. The lowest BCUT2D eigenvalue weighted by Crippen LogP contribution is -2.24. The molecule has 0 saturated heterocycles. The molecule has 0 aromatic carbocycles. The number of H-pyrrole nitrogens is 1. The van der Waals surface area contributed by atoms with Crippen LogP contribution in [-0.4, -0.2) is 27.6 Å². The molecule has 17 heavy (non-hydrogen) atoms. The van der Waals surface area contributed by atoms with Gasteiger partial charge in [0.15, 0.2) is 0 Å². The van der Waals surface area contributed by atoms with Gasteiger partial charge in [0, 0.05) is 13.0 Å². The Labute approximate surface area is 107 Å². The van der Waals surface area contributed by atoms with E-state index in [1.807, 2.05) is 0 Å². The normalized spacial score (nSPS) is 10.4. The molecule has 2 heterocycles. The van der Waals surface area contributed by atoms with E-state index in [9.17, 15) is 4.79 Å². The Kier molecular flexibility index (Phi) is 4.11. The SMILES string of the molecule is O=C(NCCCc1ncn[nH]1)c1sccc1Cl. The Morgan fingerprint density at radius 3 is 3.12 bits per heavy atom. The predicted octanol–water partition coefficient (Wildman–Crippen LogP) is 1.88. The van der Waals surface area contributed by atoms with Crippen molar-refractivity contribution in [1.29, 1.82) is 0 Å².